The van der Waals surface area contributed by atoms with E-state index in [0.29, 0.717) is 17.1 Å². The number of nitrogens with one attached hydrogen (secondary N) is 1. The van der Waals surface area contributed by atoms with E-state index in [1.165, 1.54) is 0 Å². The van der Waals surface area contributed by atoms with Gasteiger partial charge in [0.1, 0.15) is 5.75 Å². The molecule has 1 aliphatic carbocycles. The van der Waals surface area contributed by atoms with Gasteiger partial charge in [0.15, 0.2) is 5.69 Å². The molecule has 0 spiro atoms. The molecule has 0 saturated heterocycles. The molecule has 25 heavy (non-hydrogen) atoms. The van der Waals surface area contributed by atoms with E-state index in [4.69, 9.17) is 4.74 Å². The topological polar surface area (TPSA) is 56.1 Å². The van der Waals surface area contributed by atoms with Crippen molar-refractivity contribution in [3.8, 4) is 11.4 Å². The minimum atomic E-state index is -0.197. The van der Waals surface area contributed by atoms with Crippen LogP contribution in [0.1, 0.15) is 28.2 Å². The first-order valence-corrected chi connectivity index (χ1v) is 8.38. The molecule has 1 N–H and O–H groups in total. The highest BCUT2D eigenvalue weighted by Crippen LogP contribution is 2.29. The van der Waals surface area contributed by atoms with Crippen LogP contribution in [0.4, 0.5) is 5.69 Å². The van der Waals surface area contributed by atoms with Crippen molar-refractivity contribution < 1.29 is 9.53 Å². The van der Waals surface area contributed by atoms with Crippen LogP contribution in [0.2, 0.25) is 0 Å². The lowest BCUT2D eigenvalue weighted by Gasteiger charge is -2.09. The summed E-state index contributed by atoms with van der Waals surface area (Å²) in [6.45, 7) is 0. The van der Waals surface area contributed by atoms with Crippen LogP contribution in [-0.2, 0) is 12.8 Å². The Kier molecular flexibility index (Phi) is 3.98. The maximum atomic E-state index is 12.8. The summed E-state index contributed by atoms with van der Waals surface area (Å²) >= 11 is 0. The minimum absolute atomic E-state index is 0.197. The van der Waals surface area contributed by atoms with Gasteiger partial charge in [-0.2, -0.15) is 5.10 Å². The van der Waals surface area contributed by atoms with E-state index < -0.39 is 0 Å². The second kappa shape index (κ2) is 6.43. The molecule has 0 fully saturated rings. The zero-order chi connectivity index (χ0) is 17.2. The van der Waals surface area contributed by atoms with Gasteiger partial charge in [0.05, 0.1) is 18.5 Å². The van der Waals surface area contributed by atoms with Crippen molar-refractivity contribution in [1.82, 2.24) is 9.78 Å². The van der Waals surface area contributed by atoms with E-state index in [1.54, 1.807) is 7.11 Å². The average Bonchev–Trinajstić information content (AvgIpc) is 3.25. The number of aromatic nitrogens is 2. The fourth-order valence-corrected chi connectivity index (χ4v) is 3.33. The Morgan fingerprint density at radius 2 is 1.84 bits per heavy atom. The van der Waals surface area contributed by atoms with Gasteiger partial charge in [-0.05, 0) is 43.5 Å². The molecule has 2 aromatic carbocycles. The predicted octanol–water partition coefficient (Wildman–Crippen LogP) is 3.62. The van der Waals surface area contributed by atoms with Crippen LogP contribution in [0.3, 0.4) is 0 Å². The number of para-hydroxylation sites is 3. The molecule has 1 amide bonds. The van der Waals surface area contributed by atoms with Gasteiger partial charge in [-0.3, -0.25) is 4.79 Å². The third-order valence-electron chi connectivity index (χ3n) is 4.50. The van der Waals surface area contributed by atoms with Crippen molar-refractivity contribution in [1.29, 1.82) is 0 Å². The lowest BCUT2D eigenvalue weighted by Crippen LogP contribution is -2.15. The molecule has 0 saturated carbocycles. The van der Waals surface area contributed by atoms with E-state index >= 15 is 0 Å². The Balaban J connectivity index is 1.70. The van der Waals surface area contributed by atoms with Crippen molar-refractivity contribution in [2.75, 3.05) is 12.4 Å². The fraction of sp³-hybridized carbons (Fsp3) is 0.200. The van der Waals surface area contributed by atoms with Gasteiger partial charge in [0, 0.05) is 11.3 Å². The van der Waals surface area contributed by atoms with Crippen LogP contribution in [0, 0.1) is 0 Å². The molecule has 1 heterocycles. The number of benzene rings is 2. The van der Waals surface area contributed by atoms with Gasteiger partial charge in [-0.25, -0.2) is 4.68 Å². The number of amides is 1. The number of rotatable bonds is 4. The van der Waals surface area contributed by atoms with E-state index in [9.17, 15) is 4.79 Å². The Labute approximate surface area is 146 Å². The quantitative estimate of drug-likeness (QED) is 0.793. The summed E-state index contributed by atoms with van der Waals surface area (Å²) in [7, 11) is 1.59. The maximum Gasteiger partial charge on any atom is 0.276 e. The van der Waals surface area contributed by atoms with Crippen molar-refractivity contribution in [2.45, 2.75) is 19.3 Å². The third kappa shape index (κ3) is 2.78. The molecule has 5 heteroatoms. The molecule has 0 atom stereocenters. The first kappa shape index (κ1) is 15.4. The normalized spacial score (nSPS) is 12.7. The fourth-order valence-electron chi connectivity index (χ4n) is 3.33. The largest absolute Gasteiger partial charge is 0.495 e. The van der Waals surface area contributed by atoms with Gasteiger partial charge < -0.3 is 10.1 Å². The van der Waals surface area contributed by atoms with Crippen LogP contribution in [0.5, 0.6) is 5.75 Å². The highest BCUT2D eigenvalue weighted by Gasteiger charge is 2.27. The molecule has 4 rings (SSSR count). The standard InChI is InChI=1S/C20H19N3O2/c1-25-18-13-6-5-11-16(18)21-20(24)19-15-10-7-12-17(15)23(22-19)14-8-3-2-4-9-14/h2-6,8-9,11,13H,7,10,12H2,1H3,(H,21,24). The number of nitrogens with zero attached hydrogens (tertiary/aromatic N) is 2. The third-order valence-corrected chi connectivity index (χ3v) is 4.50. The lowest BCUT2D eigenvalue weighted by molar-refractivity contribution is 0.102. The van der Waals surface area contributed by atoms with Crippen molar-refractivity contribution in [3.63, 3.8) is 0 Å². The number of carbonyl (C=O) groups excluding carboxylic acids is 1. The Morgan fingerprint density at radius 3 is 2.64 bits per heavy atom. The van der Waals surface area contributed by atoms with Crippen LogP contribution in [0.15, 0.2) is 54.6 Å². The second-order valence-electron chi connectivity index (χ2n) is 6.03. The number of hydrogen-bond acceptors (Lipinski definition) is 3. The van der Waals surface area contributed by atoms with Gasteiger partial charge in [0.25, 0.3) is 5.91 Å². The molecule has 1 aromatic heterocycles. The van der Waals surface area contributed by atoms with E-state index in [-0.39, 0.29) is 5.91 Å². The average molecular weight is 333 g/mol. The van der Waals surface area contributed by atoms with E-state index in [2.05, 4.69) is 10.4 Å². The van der Waals surface area contributed by atoms with Gasteiger partial charge in [-0.15, -0.1) is 0 Å². The number of fused-ring (bicyclic) bond motifs is 1. The summed E-state index contributed by atoms with van der Waals surface area (Å²) in [5.41, 5.74) is 4.32. The molecule has 0 aliphatic heterocycles. The van der Waals surface area contributed by atoms with Crippen LogP contribution in [0.25, 0.3) is 5.69 Å². The van der Waals surface area contributed by atoms with Crippen LogP contribution in [-0.4, -0.2) is 22.8 Å². The van der Waals surface area contributed by atoms with E-state index in [1.807, 2.05) is 59.3 Å². The molecular formula is C20H19N3O2. The highest BCUT2D eigenvalue weighted by molar-refractivity contribution is 6.05. The smallest absolute Gasteiger partial charge is 0.276 e. The number of ether oxygens (including phenoxy) is 1. The molecule has 126 valence electrons. The number of hydrogen-bond donors (Lipinski definition) is 1. The highest BCUT2D eigenvalue weighted by atomic mass is 16.5. The van der Waals surface area contributed by atoms with Gasteiger partial charge in [0.2, 0.25) is 0 Å². The van der Waals surface area contributed by atoms with Crippen molar-refractivity contribution in [3.05, 3.63) is 71.5 Å². The van der Waals surface area contributed by atoms with Gasteiger partial charge in [-0.1, -0.05) is 30.3 Å². The Hall–Kier alpha value is -3.08. The first-order chi connectivity index (χ1) is 12.3. The minimum Gasteiger partial charge on any atom is -0.495 e. The summed E-state index contributed by atoms with van der Waals surface area (Å²) in [6.07, 6.45) is 2.88. The SMILES string of the molecule is COc1ccccc1NC(=O)c1nn(-c2ccccc2)c2c1CCC2. The van der Waals surface area contributed by atoms with Crippen LogP contribution >= 0.6 is 0 Å². The molecule has 5 nitrogen and oxygen atoms in total. The summed E-state index contributed by atoms with van der Waals surface area (Å²) in [4.78, 5) is 12.8. The van der Waals surface area contributed by atoms with Crippen molar-refractivity contribution >= 4 is 11.6 Å². The molecule has 0 radical (unpaired) electrons. The summed E-state index contributed by atoms with van der Waals surface area (Å²) in [6, 6.07) is 17.3. The number of anilines is 1. The monoisotopic (exact) mass is 333 g/mol. The molecule has 3 aromatic rings. The van der Waals surface area contributed by atoms with E-state index in [0.717, 1.165) is 36.2 Å². The second-order valence-corrected chi connectivity index (χ2v) is 6.03. The Morgan fingerprint density at radius 1 is 1.08 bits per heavy atom. The van der Waals surface area contributed by atoms with Crippen LogP contribution < -0.4 is 10.1 Å². The number of carbonyl (C=O) groups is 1. The first-order valence-electron chi connectivity index (χ1n) is 8.38. The maximum absolute atomic E-state index is 12.8. The summed E-state index contributed by atoms with van der Waals surface area (Å²) in [5, 5.41) is 7.55. The molecule has 1 aliphatic rings. The lowest BCUT2D eigenvalue weighted by atomic mass is 10.2. The molecule has 0 bridgehead atoms. The number of methoxy groups -OCH3 is 1. The van der Waals surface area contributed by atoms with Crippen molar-refractivity contribution in [2.24, 2.45) is 0 Å². The van der Waals surface area contributed by atoms with Gasteiger partial charge >= 0.3 is 0 Å². The summed E-state index contributed by atoms with van der Waals surface area (Å²) in [5.74, 6) is 0.437. The molecular weight excluding hydrogens is 314 g/mol. The zero-order valence-electron chi connectivity index (χ0n) is 14.0. The zero-order valence-corrected chi connectivity index (χ0v) is 14.0. The summed E-state index contributed by atoms with van der Waals surface area (Å²) < 4.78 is 7.21. The molecule has 0 unspecified atom stereocenters. The Bertz CT molecular complexity index is 916. The predicted molar refractivity (Wildman–Crippen MR) is 96.5 cm³/mol.